The van der Waals surface area contributed by atoms with Crippen molar-refractivity contribution in [1.82, 2.24) is 5.32 Å². The first-order valence-corrected chi connectivity index (χ1v) is 4.15. The molecule has 3 nitrogen and oxygen atoms in total. The molecule has 1 aromatic heterocycles. The van der Waals surface area contributed by atoms with Gasteiger partial charge in [0.15, 0.2) is 0 Å². The van der Waals surface area contributed by atoms with E-state index in [9.17, 15) is 4.79 Å². The number of furan rings is 1. The van der Waals surface area contributed by atoms with Crippen LogP contribution in [0.3, 0.4) is 0 Å². The Morgan fingerprint density at radius 3 is 3.08 bits per heavy atom. The molecule has 12 heavy (non-hydrogen) atoms. The third-order valence-corrected chi connectivity index (χ3v) is 1.78. The van der Waals surface area contributed by atoms with E-state index < -0.39 is 0 Å². The number of hydrogen-bond acceptors (Lipinski definition) is 2. The second kappa shape index (κ2) is 4.16. The molecule has 0 bridgehead atoms. The number of hydrogen-bond donors (Lipinski definition) is 1. The van der Waals surface area contributed by atoms with Crippen molar-refractivity contribution in [3.63, 3.8) is 0 Å². The third kappa shape index (κ3) is 2.27. The van der Waals surface area contributed by atoms with Crippen molar-refractivity contribution in [2.24, 2.45) is 0 Å². The average molecular weight is 188 g/mol. The lowest BCUT2D eigenvalue weighted by Gasteiger charge is -2.09. The maximum atomic E-state index is 10.8. The molecule has 0 spiro atoms. The van der Waals surface area contributed by atoms with Crippen LogP contribution in [-0.4, -0.2) is 11.8 Å². The summed E-state index contributed by atoms with van der Waals surface area (Å²) in [7, 11) is 0. The largest absolute Gasteiger partial charge is 0.472 e. The van der Waals surface area contributed by atoms with E-state index >= 15 is 0 Å². The molecule has 0 saturated heterocycles. The smallest absolute Gasteiger partial charge is 0.235 e. The highest BCUT2D eigenvalue weighted by molar-refractivity contribution is 6.27. The topological polar surface area (TPSA) is 42.2 Å². The Balaban J connectivity index is 2.49. The van der Waals surface area contributed by atoms with Crippen LogP contribution in [0.4, 0.5) is 0 Å². The van der Waals surface area contributed by atoms with Gasteiger partial charge in [0.1, 0.15) is 5.88 Å². The van der Waals surface area contributed by atoms with Gasteiger partial charge >= 0.3 is 0 Å². The SMILES string of the molecule is CC(NC(=O)CCl)c1ccoc1. The molecule has 1 heterocycles. The van der Waals surface area contributed by atoms with Gasteiger partial charge in [-0.2, -0.15) is 0 Å². The molecule has 66 valence electrons. The average Bonchev–Trinajstić information content (AvgIpc) is 2.56. The maximum absolute atomic E-state index is 10.8. The van der Waals surface area contributed by atoms with Gasteiger partial charge in [-0.1, -0.05) is 0 Å². The normalized spacial score (nSPS) is 12.5. The lowest BCUT2D eigenvalue weighted by atomic mass is 10.2. The third-order valence-electron chi connectivity index (χ3n) is 1.54. The zero-order chi connectivity index (χ0) is 8.97. The fourth-order valence-corrected chi connectivity index (χ4v) is 0.962. The van der Waals surface area contributed by atoms with Gasteiger partial charge in [0.2, 0.25) is 5.91 Å². The summed E-state index contributed by atoms with van der Waals surface area (Å²) in [5, 5.41) is 2.70. The summed E-state index contributed by atoms with van der Waals surface area (Å²) in [6, 6.07) is 1.76. The van der Waals surface area contributed by atoms with E-state index in [1.807, 2.05) is 6.92 Å². The molecule has 0 radical (unpaired) electrons. The first kappa shape index (κ1) is 9.13. The fourth-order valence-electron chi connectivity index (χ4n) is 0.885. The van der Waals surface area contributed by atoms with Crippen LogP contribution in [0.15, 0.2) is 23.0 Å². The van der Waals surface area contributed by atoms with Gasteiger partial charge in [0.25, 0.3) is 0 Å². The molecule has 1 aromatic rings. The number of carbonyl (C=O) groups is 1. The zero-order valence-corrected chi connectivity index (χ0v) is 7.47. The first-order valence-electron chi connectivity index (χ1n) is 3.61. The molecule has 0 saturated carbocycles. The molecule has 1 amide bonds. The Hall–Kier alpha value is -0.960. The highest BCUT2D eigenvalue weighted by atomic mass is 35.5. The molecule has 0 aliphatic heterocycles. The van der Waals surface area contributed by atoms with Crippen LogP contribution >= 0.6 is 11.6 Å². The Bertz CT molecular complexity index is 246. The zero-order valence-electron chi connectivity index (χ0n) is 6.71. The molecule has 1 atom stereocenters. The quantitative estimate of drug-likeness (QED) is 0.732. The highest BCUT2D eigenvalue weighted by Gasteiger charge is 2.08. The van der Waals surface area contributed by atoms with Gasteiger partial charge in [-0.3, -0.25) is 4.79 Å². The van der Waals surface area contributed by atoms with Gasteiger partial charge < -0.3 is 9.73 Å². The van der Waals surface area contributed by atoms with Gasteiger partial charge in [0.05, 0.1) is 18.6 Å². The Kier molecular flexibility index (Phi) is 3.17. The lowest BCUT2D eigenvalue weighted by Crippen LogP contribution is -2.27. The number of amides is 1. The van der Waals surface area contributed by atoms with Crippen molar-refractivity contribution < 1.29 is 9.21 Å². The lowest BCUT2D eigenvalue weighted by molar-refractivity contribution is -0.119. The van der Waals surface area contributed by atoms with Crippen LogP contribution in [0, 0.1) is 0 Å². The van der Waals surface area contributed by atoms with E-state index in [-0.39, 0.29) is 17.8 Å². The van der Waals surface area contributed by atoms with Gasteiger partial charge in [0, 0.05) is 5.56 Å². The molecule has 0 aliphatic rings. The van der Waals surface area contributed by atoms with Crippen LogP contribution < -0.4 is 5.32 Å². The van der Waals surface area contributed by atoms with Gasteiger partial charge in [-0.25, -0.2) is 0 Å². The molecule has 0 aliphatic carbocycles. The van der Waals surface area contributed by atoms with Crippen molar-refractivity contribution in [3.05, 3.63) is 24.2 Å². The van der Waals surface area contributed by atoms with Crippen LogP contribution in [0.25, 0.3) is 0 Å². The van der Waals surface area contributed by atoms with Gasteiger partial charge in [-0.05, 0) is 13.0 Å². The highest BCUT2D eigenvalue weighted by Crippen LogP contribution is 2.11. The minimum Gasteiger partial charge on any atom is -0.472 e. The van der Waals surface area contributed by atoms with E-state index in [1.54, 1.807) is 18.6 Å². The summed E-state index contributed by atoms with van der Waals surface area (Å²) >= 11 is 5.32. The molecular formula is C8H10ClNO2. The predicted molar refractivity (Wildman–Crippen MR) is 46.0 cm³/mol. The van der Waals surface area contributed by atoms with Crippen LogP contribution in [-0.2, 0) is 4.79 Å². The monoisotopic (exact) mass is 187 g/mol. The number of nitrogens with one attached hydrogen (secondary N) is 1. The summed E-state index contributed by atoms with van der Waals surface area (Å²) in [6.45, 7) is 1.87. The van der Waals surface area contributed by atoms with E-state index in [2.05, 4.69) is 5.32 Å². The van der Waals surface area contributed by atoms with E-state index in [0.29, 0.717) is 0 Å². The molecule has 1 N–H and O–H groups in total. The first-order chi connectivity index (χ1) is 5.74. The Morgan fingerprint density at radius 2 is 2.58 bits per heavy atom. The summed E-state index contributed by atoms with van der Waals surface area (Å²) in [6.07, 6.45) is 3.16. The number of halogens is 1. The van der Waals surface area contributed by atoms with Crippen molar-refractivity contribution in [2.45, 2.75) is 13.0 Å². The standard InChI is InChI=1S/C8H10ClNO2/c1-6(10-8(11)4-9)7-2-3-12-5-7/h2-3,5-6H,4H2,1H3,(H,10,11). The summed E-state index contributed by atoms with van der Waals surface area (Å²) in [5.41, 5.74) is 0.938. The fraction of sp³-hybridized carbons (Fsp3) is 0.375. The molecule has 0 fully saturated rings. The van der Waals surface area contributed by atoms with Crippen molar-refractivity contribution in [3.8, 4) is 0 Å². The summed E-state index contributed by atoms with van der Waals surface area (Å²) < 4.78 is 4.87. The minimum atomic E-state index is -0.176. The molecule has 1 unspecified atom stereocenters. The molecule has 1 rings (SSSR count). The van der Waals surface area contributed by atoms with Crippen molar-refractivity contribution in [2.75, 3.05) is 5.88 Å². The summed E-state index contributed by atoms with van der Waals surface area (Å²) in [5.74, 6) is -0.187. The van der Waals surface area contributed by atoms with E-state index in [4.69, 9.17) is 16.0 Å². The predicted octanol–water partition coefficient (Wildman–Crippen LogP) is 1.70. The Morgan fingerprint density at radius 1 is 1.83 bits per heavy atom. The number of carbonyl (C=O) groups excluding carboxylic acids is 1. The van der Waals surface area contributed by atoms with Crippen LogP contribution in [0.1, 0.15) is 18.5 Å². The second-order valence-electron chi connectivity index (χ2n) is 2.48. The number of rotatable bonds is 3. The summed E-state index contributed by atoms with van der Waals surface area (Å²) in [4.78, 5) is 10.8. The molecule has 0 aromatic carbocycles. The van der Waals surface area contributed by atoms with Crippen molar-refractivity contribution >= 4 is 17.5 Å². The van der Waals surface area contributed by atoms with E-state index in [1.165, 1.54) is 0 Å². The van der Waals surface area contributed by atoms with E-state index in [0.717, 1.165) is 5.56 Å². The van der Waals surface area contributed by atoms with Gasteiger partial charge in [-0.15, -0.1) is 11.6 Å². The number of alkyl halides is 1. The van der Waals surface area contributed by atoms with Crippen molar-refractivity contribution in [1.29, 1.82) is 0 Å². The van der Waals surface area contributed by atoms with Crippen LogP contribution in [0.5, 0.6) is 0 Å². The molecular weight excluding hydrogens is 178 g/mol. The second-order valence-corrected chi connectivity index (χ2v) is 2.75. The molecule has 4 heteroatoms. The van der Waals surface area contributed by atoms with Crippen LogP contribution in [0.2, 0.25) is 0 Å². The Labute approximate surface area is 75.7 Å². The maximum Gasteiger partial charge on any atom is 0.235 e. The minimum absolute atomic E-state index is 0.0117.